The van der Waals surface area contributed by atoms with Crippen LogP contribution in [0.4, 0.5) is 0 Å². The molecule has 0 heterocycles. The van der Waals surface area contributed by atoms with Gasteiger partial charge in [0.25, 0.3) is 0 Å². The average Bonchev–Trinajstić information content (AvgIpc) is 1.99. The number of aliphatic hydroxyl groups excluding tert-OH is 2. The topological polar surface area (TPSA) is 69.9 Å². The highest BCUT2D eigenvalue weighted by atomic mass is 17.1. The highest BCUT2D eigenvalue weighted by Gasteiger charge is 2.17. The second-order valence-electron chi connectivity index (χ2n) is 2.18. The summed E-state index contributed by atoms with van der Waals surface area (Å²) in [5, 5.41) is 25.5. The Balaban J connectivity index is 3.56. The minimum atomic E-state index is -0.982. The molecule has 0 aromatic heterocycles. The van der Waals surface area contributed by atoms with E-state index in [1.54, 1.807) is 0 Å². The lowest BCUT2D eigenvalue weighted by Crippen LogP contribution is -2.31. The van der Waals surface area contributed by atoms with Crippen LogP contribution in [-0.4, -0.2) is 34.3 Å². The van der Waals surface area contributed by atoms with Crippen molar-refractivity contribution in [3.8, 4) is 0 Å². The van der Waals surface area contributed by atoms with Gasteiger partial charge in [0.1, 0.15) is 12.2 Å². The van der Waals surface area contributed by atoms with Crippen molar-refractivity contribution in [1.82, 2.24) is 0 Å². The minimum Gasteiger partial charge on any atom is -0.394 e. The van der Waals surface area contributed by atoms with Crippen molar-refractivity contribution in [3.63, 3.8) is 0 Å². The molecular weight excluding hydrogens is 136 g/mol. The first-order valence-electron chi connectivity index (χ1n) is 3.35. The van der Waals surface area contributed by atoms with Gasteiger partial charge in [-0.25, -0.2) is 4.89 Å². The third kappa shape index (κ3) is 3.12. The van der Waals surface area contributed by atoms with Gasteiger partial charge in [-0.3, -0.25) is 5.26 Å². The van der Waals surface area contributed by atoms with Gasteiger partial charge in [0, 0.05) is 0 Å². The molecule has 0 aliphatic rings. The van der Waals surface area contributed by atoms with E-state index in [4.69, 9.17) is 15.5 Å². The Bertz CT molecular complexity index is 76.1. The Kier molecular flexibility index (Phi) is 5.52. The van der Waals surface area contributed by atoms with Gasteiger partial charge >= 0.3 is 0 Å². The summed E-state index contributed by atoms with van der Waals surface area (Å²) in [5.74, 6) is 0. The predicted octanol–water partition coefficient (Wildman–Crippen LogP) is -0.00210. The first kappa shape index (κ1) is 9.84. The van der Waals surface area contributed by atoms with Crippen LogP contribution in [0.3, 0.4) is 0 Å². The molecule has 0 aromatic rings. The first-order valence-corrected chi connectivity index (χ1v) is 3.35. The fourth-order valence-corrected chi connectivity index (χ4v) is 0.717. The van der Waals surface area contributed by atoms with Crippen molar-refractivity contribution >= 4 is 0 Å². The van der Waals surface area contributed by atoms with Crippen molar-refractivity contribution in [3.05, 3.63) is 0 Å². The van der Waals surface area contributed by atoms with Gasteiger partial charge in [-0.2, -0.15) is 0 Å². The quantitative estimate of drug-likeness (QED) is 0.381. The molecule has 62 valence electrons. The van der Waals surface area contributed by atoms with Gasteiger partial charge in [0.05, 0.1) is 6.61 Å². The van der Waals surface area contributed by atoms with E-state index in [1.165, 1.54) is 0 Å². The van der Waals surface area contributed by atoms with E-state index < -0.39 is 12.2 Å². The number of rotatable bonds is 5. The van der Waals surface area contributed by atoms with E-state index >= 15 is 0 Å². The standard InChI is InChI=1S/C6H14O4/c1-2-3-6(10-9)5(8)4-7/h5-9H,2-4H2,1H3. The lowest BCUT2D eigenvalue weighted by atomic mass is 10.1. The summed E-state index contributed by atoms with van der Waals surface area (Å²) in [6.45, 7) is 1.52. The zero-order chi connectivity index (χ0) is 7.98. The zero-order valence-corrected chi connectivity index (χ0v) is 6.03. The third-order valence-electron chi connectivity index (χ3n) is 1.32. The Morgan fingerprint density at radius 1 is 1.50 bits per heavy atom. The molecule has 0 aliphatic carbocycles. The van der Waals surface area contributed by atoms with Crippen LogP contribution in [0, 0.1) is 0 Å². The molecule has 0 aliphatic heterocycles. The minimum absolute atomic E-state index is 0.384. The van der Waals surface area contributed by atoms with Crippen molar-refractivity contribution in [1.29, 1.82) is 0 Å². The van der Waals surface area contributed by atoms with Crippen LogP contribution in [0.15, 0.2) is 0 Å². The van der Waals surface area contributed by atoms with Crippen molar-refractivity contribution < 1.29 is 20.4 Å². The molecule has 0 amide bonds. The molecule has 2 atom stereocenters. The molecular formula is C6H14O4. The van der Waals surface area contributed by atoms with Crippen LogP contribution in [-0.2, 0) is 4.89 Å². The molecule has 0 rings (SSSR count). The molecule has 0 aromatic carbocycles. The number of hydrogen-bond acceptors (Lipinski definition) is 4. The summed E-state index contributed by atoms with van der Waals surface area (Å²) in [6, 6.07) is 0. The second kappa shape index (κ2) is 5.61. The summed E-state index contributed by atoms with van der Waals surface area (Å²) in [5.41, 5.74) is 0. The van der Waals surface area contributed by atoms with Crippen molar-refractivity contribution in [2.75, 3.05) is 6.61 Å². The van der Waals surface area contributed by atoms with Crippen LogP contribution in [0.1, 0.15) is 19.8 Å². The Morgan fingerprint density at radius 3 is 2.40 bits per heavy atom. The molecule has 0 saturated heterocycles. The molecule has 3 N–H and O–H groups in total. The van der Waals surface area contributed by atoms with Crippen LogP contribution in [0.2, 0.25) is 0 Å². The molecule has 0 fully saturated rings. The second-order valence-corrected chi connectivity index (χ2v) is 2.18. The average molecular weight is 150 g/mol. The maximum Gasteiger partial charge on any atom is 0.121 e. The summed E-state index contributed by atoms with van der Waals surface area (Å²) >= 11 is 0. The predicted molar refractivity (Wildman–Crippen MR) is 35.5 cm³/mol. The smallest absolute Gasteiger partial charge is 0.121 e. The SMILES string of the molecule is CCCC(OO)C(O)CO. The van der Waals surface area contributed by atoms with Gasteiger partial charge < -0.3 is 10.2 Å². The fourth-order valence-electron chi connectivity index (χ4n) is 0.717. The lowest BCUT2D eigenvalue weighted by molar-refractivity contribution is -0.300. The molecule has 0 radical (unpaired) electrons. The van der Waals surface area contributed by atoms with E-state index in [9.17, 15) is 0 Å². The summed E-state index contributed by atoms with van der Waals surface area (Å²) < 4.78 is 0. The zero-order valence-electron chi connectivity index (χ0n) is 6.03. The van der Waals surface area contributed by atoms with Gasteiger partial charge in [0.2, 0.25) is 0 Å². The highest BCUT2D eigenvalue weighted by molar-refractivity contribution is 4.65. The monoisotopic (exact) mass is 150 g/mol. The Morgan fingerprint density at radius 2 is 2.10 bits per heavy atom. The maximum atomic E-state index is 8.91. The van der Waals surface area contributed by atoms with Crippen LogP contribution < -0.4 is 0 Å². The fraction of sp³-hybridized carbons (Fsp3) is 1.00. The molecule has 0 spiro atoms. The summed E-state index contributed by atoms with van der Waals surface area (Å²) in [6.07, 6.45) is -0.305. The summed E-state index contributed by atoms with van der Waals surface area (Å²) in [4.78, 5) is 3.93. The Labute approximate surface area is 60.0 Å². The van der Waals surface area contributed by atoms with Crippen molar-refractivity contribution in [2.24, 2.45) is 0 Å². The largest absolute Gasteiger partial charge is 0.394 e. The number of aliphatic hydroxyl groups is 2. The van der Waals surface area contributed by atoms with Gasteiger partial charge in [-0.05, 0) is 6.42 Å². The first-order chi connectivity index (χ1) is 4.76. The van der Waals surface area contributed by atoms with Crippen molar-refractivity contribution in [2.45, 2.75) is 32.0 Å². The lowest BCUT2D eigenvalue weighted by Gasteiger charge is -2.16. The third-order valence-corrected chi connectivity index (χ3v) is 1.32. The van der Waals surface area contributed by atoms with E-state index in [1.807, 2.05) is 6.92 Å². The molecule has 4 nitrogen and oxygen atoms in total. The molecule has 4 heteroatoms. The highest BCUT2D eigenvalue weighted by Crippen LogP contribution is 2.04. The van der Waals surface area contributed by atoms with Gasteiger partial charge in [-0.1, -0.05) is 13.3 Å². The van der Waals surface area contributed by atoms with E-state index in [0.29, 0.717) is 6.42 Å². The van der Waals surface area contributed by atoms with E-state index in [2.05, 4.69) is 4.89 Å². The van der Waals surface area contributed by atoms with Crippen LogP contribution in [0.5, 0.6) is 0 Å². The Hall–Kier alpha value is -0.160. The molecule has 0 bridgehead atoms. The molecule has 10 heavy (non-hydrogen) atoms. The van der Waals surface area contributed by atoms with Crippen LogP contribution in [0.25, 0.3) is 0 Å². The van der Waals surface area contributed by atoms with Gasteiger partial charge in [0.15, 0.2) is 0 Å². The summed E-state index contributed by atoms with van der Waals surface area (Å²) in [7, 11) is 0. The normalized spacial score (nSPS) is 16.8. The molecule has 2 unspecified atom stereocenters. The van der Waals surface area contributed by atoms with E-state index in [0.717, 1.165) is 6.42 Å². The maximum absolute atomic E-state index is 8.91. The van der Waals surface area contributed by atoms with E-state index in [-0.39, 0.29) is 6.61 Å². The molecule has 0 saturated carbocycles. The van der Waals surface area contributed by atoms with Crippen LogP contribution >= 0.6 is 0 Å². The van der Waals surface area contributed by atoms with Gasteiger partial charge in [-0.15, -0.1) is 0 Å². The number of hydrogen-bond donors (Lipinski definition) is 3.